The van der Waals surface area contributed by atoms with Crippen LogP contribution in [0, 0.1) is 10.1 Å². The highest BCUT2D eigenvalue weighted by molar-refractivity contribution is 5.66. The van der Waals surface area contributed by atoms with E-state index < -0.39 is 4.92 Å². The van der Waals surface area contributed by atoms with E-state index in [1.54, 1.807) is 18.2 Å². The smallest absolute Gasteiger partial charge is 0.334 e. The van der Waals surface area contributed by atoms with E-state index in [0.29, 0.717) is 5.75 Å². The summed E-state index contributed by atoms with van der Waals surface area (Å²) in [6.45, 7) is 2.11. The molecule has 5 heteroatoms. The molecule has 20 heavy (non-hydrogen) atoms. The van der Waals surface area contributed by atoms with E-state index in [4.69, 9.17) is 10.5 Å². The van der Waals surface area contributed by atoms with Gasteiger partial charge in [-0.2, -0.15) is 0 Å². The van der Waals surface area contributed by atoms with Crippen LogP contribution < -0.4 is 10.5 Å². The van der Waals surface area contributed by atoms with E-state index in [9.17, 15) is 10.1 Å². The molecule has 0 bridgehead atoms. The molecule has 0 amide bonds. The molecule has 0 fully saturated rings. The zero-order valence-electron chi connectivity index (χ0n) is 11.2. The maximum atomic E-state index is 11.0. The van der Waals surface area contributed by atoms with E-state index in [1.807, 2.05) is 12.1 Å². The third-order valence-electron chi connectivity index (χ3n) is 2.90. The SMILES string of the molecule is CCCc1ccc(Oc2cccc(N)c2[N+](=O)[O-])cc1. The topological polar surface area (TPSA) is 78.4 Å². The van der Waals surface area contributed by atoms with Crippen molar-refractivity contribution in [1.82, 2.24) is 0 Å². The van der Waals surface area contributed by atoms with Crippen LogP contribution in [-0.4, -0.2) is 4.92 Å². The standard InChI is InChI=1S/C15H16N2O3/c1-2-4-11-7-9-12(10-8-11)20-14-6-3-5-13(16)15(14)17(18)19/h3,5-10H,2,4,16H2,1H3. The lowest BCUT2D eigenvalue weighted by Gasteiger charge is -2.08. The molecule has 0 aliphatic carbocycles. The van der Waals surface area contributed by atoms with Crippen LogP contribution in [0.1, 0.15) is 18.9 Å². The van der Waals surface area contributed by atoms with Crippen LogP contribution in [0.3, 0.4) is 0 Å². The Morgan fingerprint density at radius 3 is 2.50 bits per heavy atom. The molecule has 2 N–H and O–H groups in total. The summed E-state index contributed by atoms with van der Waals surface area (Å²) in [5, 5.41) is 11.0. The van der Waals surface area contributed by atoms with Gasteiger partial charge >= 0.3 is 5.69 Å². The van der Waals surface area contributed by atoms with Crippen LogP contribution in [0.2, 0.25) is 0 Å². The minimum absolute atomic E-state index is 0.0927. The Kier molecular flexibility index (Phi) is 4.20. The van der Waals surface area contributed by atoms with Gasteiger partial charge in [0.2, 0.25) is 5.75 Å². The molecule has 104 valence electrons. The molecule has 0 unspecified atom stereocenters. The largest absolute Gasteiger partial charge is 0.450 e. The fraction of sp³-hybridized carbons (Fsp3) is 0.200. The van der Waals surface area contributed by atoms with Crippen molar-refractivity contribution in [2.45, 2.75) is 19.8 Å². The van der Waals surface area contributed by atoms with Crippen molar-refractivity contribution in [3.63, 3.8) is 0 Å². The Hall–Kier alpha value is -2.56. The van der Waals surface area contributed by atoms with Crippen molar-refractivity contribution >= 4 is 11.4 Å². The number of nitrogens with two attached hydrogens (primary N) is 1. The van der Waals surface area contributed by atoms with E-state index in [0.717, 1.165) is 12.8 Å². The first-order valence-corrected chi connectivity index (χ1v) is 6.41. The lowest BCUT2D eigenvalue weighted by Crippen LogP contribution is -1.98. The molecule has 0 saturated heterocycles. The quantitative estimate of drug-likeness (QED) is 0.508. The van der Waals surface area contributed by atoms with Crippen LogP contribution in [0.25, 0.3) is 0 Å². The third kappa shape index (κ3) is 3.06. The normalized spacial score (nSPS) is 10.2. The summed E-state index contributed by atoms with van der Waals surface area (Å²) in [6.07, 6.45) is 2.07. The highest BCUT2D eigenvalue weighted by Gasteiger charge is 2.19. The highest BCUT2D eigenvalue weighted by atomic mass is 16.6. The first kappa shape index (κ1) is 13.9. The Bertz CT molecular complexity index is 609. The molecule has 0 aliphatic heterocycles. The van der Waals surface area contributed by atoms with Gasteiger partial charge in [-0.05, 0) is 36.2 Å². The van der Waals surface area contributed by atoms with E-state index in [1.165, 1.54) is 17.7 Å². The number of aryl methyl sites for hydroxylation is 1. The highest BCUT2D eigenvalue weighted by Crippen LogP contribution is 2.35. The maximum absolute atomic E-state index is 11.0. The predicted octanol–water partition coefficient (Wildman–Crippen LogP) is 3.92. The molecular weight excluding hydrogens is 256 g/mol. The summed E-state index contributed by atoms with van der Waals surface area (Å²) in [7, 11) is 0. The number of benzene rings is 2. The minimum Gasteiger partial charge on any atom is -0.450 e. The van der Waals surface area contributed by atoms with Gasteiger partial charge in [-0.3, -0.25) is 10.1 Å². The minimum atomic E-state index is -0.532. The van der Waals surface area contributed by atoms with Crippen LogP contribution in [0.15, 0.2) is 42.5 Å². The predicted molar refractivity (Wildman–Crippen MR) is 78.0 cm³/mol. The van der Waals surface area contributed by atoms with Crippen molar-refractivity contribution in [1.29, 1.82) is 0 Å². The van der Waals surface area contributed by atoms with Gasteiger partial charge in [0.25, 0.3) is 0 Å². The van der Waals surface area contributed by atoms with Gasteiger partial charge < -0.3 is 10.5 Å². The number of nitro groups is 1. The number of nitrogen functional groups attached to an aromatic ring is 1. The summed E-state index contributed by atoms with van der Waals surface area (Å²) in [5.41, 5.74) is 6.72. The van der Waals surface area contributed by atoms with Crippen LogP contribution >= 0.6 is 0 Å². The summed E-state index contributed by atoms with van der Waals surface area (Å²) >= 11 is 0. The number of rotatable bonds is 5. The number of hydrogen-bond acceptors (Lipinski definition) is 4. The van der Waals surface area contributed by atoms with Crippen LogP contribution in [0.5, 0.6) is 11.5 Å². The fourth-order valence-corrected chi connectivity index (χ4v) is 1.96. The van der Waals surface area contributed by atoms with Gasteiger partial charge in [0.15, 0.2) is 0 Å². The number of ether oxygens (including phenoxy) is 1. The molecule has 5 nitrogen and oxygen atoms in total. The van der Waals surface area contributed by atoms with Crippen LogP contribution in [0.4, 0.5) is 11.4 Å². The molecule has 2 rings (SSSR count). The summed E-state index contributed by atoms with van der Waals surface area (Å²) in [4.78, 5) is 10.5. The lowest BCUT2D eigenvalue weighted by molar-refractivity contribution is -0.384. The molecule has 0 radical (unpaired) electrons. The van der Waals surface area contributed by atoms with Gasteiger partial charge in [-0.1, -0.05) is 31.5 Å². The average Bonchev–Trinajstić information content (AvgIpc) is 2.41. The molecule has 0 atom stereocenters. The second kappa shape index (κ2) is 6.06. The van der Waals surface area contributed by atoms with Gasteiger partial charge in [0, 0.05) is 0 Å². The first-order chi connectivity index (χ1) is 9.61. The second-order valence-corrected chi connectivity index (χ2v) is 4.45. The number of nitro benzene ring substituents is 1. The molecule has 0 spiro atoms. The molecule has 2 aromatic carbocycles. The van der Waals surface area contributed by atoms with Crippen molar-refractivity contribution in [3.8, 4) is 11.5 Å². The summed E-state index contributed by atoms with van der Waals surface area (Å²) in [6, 6.07) is 12.2. The number of hydrogen-bond donors (Lipinski definition) is 1. The molecule has 0 aromatic heterocycles. The van der Waals surface area contributed by atoms with E-state index >= 15 is 0 Å². The van der Waals surface area contributed by atoms with Crippen molar-refractivity contribution in [2.24, 2.45) is 0 Å². The molecule has 0 heterocycles. The third-order valence-corrected chi connectivity index (χ3v) is 2.90. The Morgan fingerprint density at radius 2 is 1.90 bits per heavy atom. The Labute approximate surface area is 117 Å². The zero-order valence-corrected chi connectivity index (χ0v) is 11.2. The van der Waals surface area contributed by atoms with Gasteiger partial charge in [-0.15, -0.1) is 0 Å². The van der Waals surface area contributed by atoms with E-state index in [2.05, 4.69) is 6.92 Å². The lowest BCUT2D eigenvalue weighted by atomic mass is 10.1. The number of nitrogens with zero attached hydrogens (tertiary/aromatic N) is 1. The van der Waals surface area contributed by atoms with E-state index in [-0.39, 0.29) is 17.1 Å². The molecular formula is C15H16N2O3. The first-order valence-electron chi connectivity index (χ1n) is 6.41. The number of para-hydroxylation sites is 1. The molecule has 2 aromatic rings. The monoisotopic (exact) mass is 272 g/mol. The van der Waals surface area contributed by atoms with Crippen LogP contribution in [-0.2, 0) is 6.42 Å². The number of anilines is 1. The van der Waals surface area contributed by atoms with Crippen molar-refractivity contribution < 1.29 is 9.66 Å². The summed E-state index contributed by atoms with van der Waals surface area (Å²) in [5.74, 6) is 0.705. The van der Waals surface area contributed by atoms with Crippen molar-refractivity contribution in [2.75, 3.05) is 5.73 Å². The molecule has 0 saturated carbocycles. The van der Waals surface area contributed by atoms with Gasteiger partial charge in [-0.25, -0.2) is 0 Å². The Morgan fingerprint density at radius 1 is 1.20 bits per heavy atom. The fourth-order valence-electron chi connectivity index (χ4n) is 1.96. The summed E-state index contributed by atoms with van der Waals surface area (Å²) < 4.78 is 5.56. The maximum Gasteiger partial charge on any atom is 0.334 e. The van der Waals surface area contributed by atoms with Crippen molar-refractivity contribution in [3.05, 3.63) is 58.1 Å². The Balaban J connectivity index is 2.26. The van der Waals surface area contributed by atoms with Gasteiger partial charge in [0.1, 0.15) is 11.4 Å². The zero-order chi connectivity index (χ0) is 14.5. The second-order valence-electron chi connectivity index (χ2n) is 4.45. The van der Waals surface area contributed by atoms with Gasteiger partial charge in [0.05, 0.1) is 4.92 Å². The average molecular weight is 272 g/mol. The molecule has 0 aliphatic rings.